The van der Waals surface area contributed by atoms with Gasteiger partial charge in [0.1, 0.15) is 6.61 Å². The molecular weight excluding hydrogens is 404 g/mol. The van der Waals surface area contributed by atoms with Gasteiger partial charge in [0.05, 0.1) is 6.61 Å². The maximum atomic E-state index is 5.97. The van der Waals surface area contributed by atoms with Gasteiger partial charge in [-0.3, -0.25) is 0 Å². The first-order valence-corrected chi connectivity index (χ1v) is 9.71. The topological polar surface area (TPSA) is 42.5 Å². The number of ether oxygens (including phenoxy) is 2. The number of anilines is 1. The molecule has 3 rings (SSSR count). The summed E-state index contributed by atoms with van der Waals surface area (Å²) in [6, 6.07) is 24.1. The van der Waals surface area contributed by atoms with Gasteiger partial charge in [-0.1, -0.05) is 52.3 Å². The molecule has 27 heavy (non-hydrogen) atoms. The summed E-state index contributed by atoms with van der Waals surface area (Å²) in [5.74, 6) is 1.51. The number of hydrazine groups is 1. The van der Waals surface area contributed by atoms with Gasteiger partial charge >= 0.3 is 0 Å². The summed E-state index contributed by atoms with van der Waals surface area (Å²) in [5.41, 5.74) is 9.65. The highest BCUT2D eigenvalue weighted by molar-refractivity contribution is 9.10. The summed E-state index contributed by atoms with van der Waals surface area (Å²) < 4.78 is 12.8. The lowest BCUT2D eigenvalue weighted by Gasteiger charge is -2.14. The molecule has 5 heteroatoms. The molecular formula is C22H23BrN2O2. The first-order chi connectivity index (χ1) is 13.2. The van der Waals surface area contributed by atoms with Crippen molar-refractivity contribution >= 4 is 21.6 Å². The average Bonchev–Trinajstić information content (AvgIpc) is 2.70. The zero-order valence-electron chi connectivity index (χ0n) is 15.2. The molecule has 3 aromatic rings. The second-order valence-corrected chi connectivity index (χ2v) is 6.89. The molecule has 0 aliphatic heterocycles. The number of halogens is 1. The van der Waals surface area contributed by atoms with Crippen LogP contribution in [0.3, 0.4) is 0 Å². The molecule has 0 spiro atoms. The van der Waals surface area contributed by atoms with Crippen LogP contribution in [0, 0.1) is 0 Å². The van der Waals surface area contributed by atoms with Crippen molar-refractivity contribution in [2.24, 2.45) is 0 Å². The van der Waals surface area contributed by atoms with Crippen LogP contribution in [0.25, 0.3) is 0 Å². The van der Waals surface area contributed by atoms with Crippen LogP contribution in [0.5, 0.6) is 11.5 Å². The summed E-state index contributed by atoms with van der Waals surface area (Å²) in [6.07, 6.45) is 0. The van der Waals surface area contributed by atoms with E-state index >= 15 is 0 Å². The minimum Gasteiger partial charge on any atom is -0.490 e. The zero-order chi connectivity index (χ0) is 18.9. The van der Waals surface area contributed by atoms with Gasteiger partial charge in [0.25, 0.3) is 0 Å². The molecule has 0 radical (unpaired) electrons. The van der Waals surface area contributed by atoms with Crippen molar-refractivity contribution in [3.63, 3.8) is 0 Å². The van der Waals surface area contributed by atoms with Crippen molar-refractivity contribution in [2.45, 2.75) is 20.1 Å². The molecule has 0 aliphatic carbocycles. The van der Waals surface area contributed by atoms with Crippen LogP contribution in [0.1, 0.15) is 18.1 Å². The Morgan fingerprint density at radius 2 is 1.56 bits per heavy atom. The zero-order valence-corrected chi connectivity index (χ0v) is 16.8. The Labute approximate surface area is 168 Å². The first-order valence-electron chi connectivity index (χ1n) is 8.91. The van der Waals surface area contributed by atoms with Gasteiger partial charge in [0.15, 0.2) is 11.5 Å². The van der Waals surface area contributed by atoms with Crippen molar-refractivity contribution in [3.8, 4) is 11.5 Å². The van der Waals surface area contributed by atoms with Crippen LogP contribution in [0.15, 0.2) is 77.3 Å². The second kappa shape index (κ2) is 10.00. The minimum absolute atomic E-state index is 0.501. The molecule has 0 fully saturated rings. The molecule has 0 saturated carbocycles. The molecule has 0 heterocycles. The van der Waals surface area contributed by atoms with E-state index in [4.69, 9.17) is 9.47 Å². The number of hydrogen-bond donors (Lipinski definition) is 2. The predicted molar refractivity (Wildman–Crippen MR) is 113 cm³/mol. The standard InChI is InChI=1S/C22H23BrN2O2/c1-2-26-22-14-18(15-24-25-20-6-4-3-5-7-20)10-13-21(22)27-16-17-8-11-19(23)12-9-17/h3-14,24-25H,2,15-16H2,1H3. The lowest BCUT2D eigenvalue weighted by atomic mass is 10.2. The second-order valence-electron chi connectivity index (χ2n) is 5.97. The van der Waals surface area contributed by atoms with Crippen molar-refractivity contribution < 1.29 is 9.47 Å². The van der Waals surface area contributed by atoms with E-state index in [1.807, 2.05) is 79.7 Å². The third-order valence-electron chi connectivity index (χ3n) is 3.91. The van der Waals surface area contributed by atoms with E-state index in [1.54, 1.807) is 0 Å². The summed E-state index contributed by atoms with van der Waals surface area (Å²) in [4.78, 5) is 0. The highest BCUT2D eigenvalue weighted by atomic mass is 79.9. The van der Waals surface area contributed by atoms with Gasteiger partial charge in [-0.05, 0) is 54.4 Å². The van der Waals surface area contributed by atoms with Crippen LogP contribution in [0.4, 0.5) is 5.69 Å². The van der Waals surface area contributed by atoms with Gasteiger partial charge in [0.2, 0.25) is 0 Å². The van der Waals surface area contributed by atoms with E-state index in [0.717, 1.165) is 32.8 Å². The van der Waals surface area contributed by atoms with Gasteiger partial charge in [-0.2, -0.15) is 0 Å². The van der Waals surface area contributed by atoms with Crippen molar-refractivity contribution in [1.29, 1.82) is 0 Å². The van der Waals surface area contributed by atoms with Crippen LogP contribution in [0.2, 0.25) is 0 Å². The van der Waals surface area contributed by atoms with E-state index in [1.165, 1.54) is 0 Å². The Balaban J connectivity index is 1.60. The third-order valence-corrected chi connectivity index (χ3v) is 4.44. The molecule has 3 aromatic carbocycles. The predicted octanol–water partition coefficient (Wildman–Crippen LogP) is 5.54. The Bertz CT molecular complexity index is 839. The van der Waals surface area contributed by atoms with Gasteiger partial charge in [0, 0.05) is 16.7 Å². The molecule has 0 atom stereocenters. The SMILES string of the molecule is CCOc1cc(CNNc2ccccc2)ccc1OCc1ccc(Br)cc1. The molecule has 0 aromatic heterocycles. The Kier molecular flexibility index (Phi) is 7.13. The van der Waals surface area contributed by atoms with Crippen LogP contribution >= 0.6 is 15.9 Å². The lowest BCUT2D eigenvalue weighted by molar-refractivity contribution is 0.269. The fourth-order valence-electron chi connectivity index (χ4n) is 2.56. The smallest absolute Gasteiger partial charge is 0.161 e. The van der Waals surface area contributed by atoms with E-state index < -0.39 is 0 Å². The van der Waals surface area contributed by atoms with Crippen LogP contribution in [-0.4, -0.2) is 6.61 Å². The first kappa shape index (κ1) is 19.3. The molecule has 0 amide bonds. The maximum absolute atomic E-state index is 5.97. The van der Waals surface area contributed by atoms with Gasteiger partial charge in [-0.15, -0.1) is 0 Å². The lowest BCUT2D eigenvalue weighted by Crippen LogP contribution is -2.20. The highest BCUT2D eigenvalue weighted by Gasteiger charge is 2.07. The summed E-state index contributed by atoms with van der Waals surface area (Å²) in [5, 5.41) is 0. The summed E-state index contributed by atoms with van der Waals surface area (Å²) >= 11 is 3.45. The quantitative estimate of drug-likeness (QED) is 0.440. The minimum atomic E-state index is 0.501. The molecule has 0 unspecified atom stereocenters. The van der Waals surface area contributed by atoms with Crippen molar-refractivity contribution in [2.75, 3.05) is 12.0 Å². The van der Waals surface area contributed by atoms with E-state index in [-0.39, 0.29) is 0 Å². The molecule has 140 valence electrons. The number of benzene rings is 3. The molecule has 2 N–H and O–H groups in total. The fraction of sp³-hybridized carbons (Fsp3) is 0.182. The Morgan fingerprint density at radius 3 is 2.30 bits per heavy atom. The van der Waals surface area contributed by atoms with E-state index in [9.17, 15) is 0 Å². The fourth-order valence-corrected chi connectivity index (χ4v) is 2.83. The van der Waals surface area contributed by atoms with Gasteiger partial charge in [-0.25, -0.2) is 5.43 Å². The molecule has 0 aliphatic rings. The van der Waals surface area contributed by atoms with E-state index in [0.29, 0.717) is 19.8 Å². The number of nitrogens with one attached hydrogen (secondary N) is 2. The number of hydrogen-bond acceptors (Lipinski definition) is 4. The summed E-state index contributed by atoms with van der Waals surface area (Å²) in [6.45, 7) is 3.73. The monoisotopic (exact) mass is 426 g/mol. The van der Waals surface area contributed by atoms with Gasteiger partial charge < -0.3 is 14.9 Å². The van der Waals surface area contributed by atoms with Crippen molar-refractivity contribution in [3.05, 3.63) is 88.4 Å². The van der Waals surface area contributed by atoms with Crippen LogP contribution < -0.4 is 20.3 Å². The number of rotatable bonds is 9. The highest BCUT2D eigenvalue weighted by Crippen LogP contribution is 2.29. The molecule has 0 saturated heterocycles. The van der Waals surface area contributed by atoms with Crippen LogP contribution in [-0.2, 0) is 13.2 Å². The molecule has 0 bridgehead atoms. The Hall–Kier alpha value is -2.50. The van der Waals surface area contributed by atoms with Crippen molar-refractivity contribution in [1.82, 2.24) is 5.43 Å². The van der Waals surface area contributed by atoms with E-state index in [2.05, 4.69) is 26.8 Å². The average molecular weight is 427 g/mol. The summed E-state index contributed by atoms with van der Waals surface area (Å²) in [7, 11) is 0. The largest absolute Gasteiger partial charge is 0.490 e. The third kappa shape index (κ3) is 6.01. The Morgan fingerprint density at radius 1 is 0.815 bits per heavy atom. The number of para-hydroxylation sites is 1. The maximum Gasteiger partial charge on any atom is 0.161 e. The normalized spacial score (nSPS) is 10.4. The molecule has 4 nitrogen and oxygen atoms in total.